The topological polar surface area (TPSA) is 29.5 Å². The summed E-state index contributed by atoms with van der Waals surface area (Å²) in [4.78, 5) is 13.6. The zero-order valence-electron chi connectivity index (χ0n) is 10.4. The molecule has 0 saturated carbocycles. The van der Waals surface area contributed by atoms with Gasteiger partial charge in [0.15, 0.2) is 0 Å². The molecule has 0 aromatic heterocycles. The molecule has 2 rings (SSSR count). The number of para-hydroxylation sites is 1. The Balaban J connectivity index is 1.84. The number of carbonyl (C=O) groups excluding carboxylic acids is 1. The highest BCUT2D eigenvalue weighted by molar-refractivity contribution is 6.68. The molecule has 1 aliphatic rings. The smallest absolute Gasteiger partial charge is 0.256 e. The number of ether oxygens (including phenoxy) is 1. The van der Waals surface area contributed by atoms with Crippen LogP contribution in [-0.4, -0.2) is 36.4 Å². The zero-order chi connectivity index (χ0) is 12.8. The van der Waals surface area contributed by atoms with Crippen LogP contribution in [-0.2, 0) is 0 Å². The molecular formula is C14H18ClNO2. The van der Waals surface area contributed by atoms with Gasteiger partial charge in [-0.2, -0.15) is 0 Å². The van der Waals surface area contributed by atoms with Gasteiger partial charge in [-0.25, -0.2) is 0 Å². The van der Waals surface area contributed by atoms with Crippen molar-refractivity contribution < 1.29 is 9.53 Å². The molecule has 0 unspecified atom stereocenters. The number of likely N-dealkylation sites (tertiary alicyclic amines) is 1. The first-order chi connectivity index (χ1) is 8.77. The highest BCUT2D eigenvalue weighted by atomic mass is 35.5. The van der Waals surface area contributed by atoms with Gasteiger partial charge in [-0.3, -0.25) is 9.69 Å². The van der Waals surface area contributed by atoms with E-state index in [1.807, 2.05) is 6.07 Å². The second kappa shape index (κ2) is 6.76. The maximum atomic E-state index is 11.2. The van der Waals surface area contributed by atoms with Crippen LogP contribution in [0.2, 0.25) is 0 Å². The minimum atomic E-state index is -0.469. The third kappa shape index (κ3) is 3.72. The lowest BCUT2D eigenvalue weighted by Crippen LogP contribution is -2.33. The van der Waals surface area contributed by atoms with E-state index in [1.54, 1.807) is 18.2 Å². The molecule has 1 aromatic carbocycles. The first-order valence-corrected chi connectivity index (χ1v) is 6.79. The highest BCUT2D eigenvalue weighted by Gasteiger charge is 2.12. The lowest BCUT2D eigenvalue weighted by atomic mass is 10.1. The number of hydrogen-bond acceptors (Lipinski definition) is 3. The standard InChI is InChI=1S/C14H18ClNO2/c15-14(17)12-6-2-3-7-13(12)18-11-10-16-8-4-1-5-9-16/h2-3,6-7H,1,4-5,8-11H2. The largest absolute Gasteiger partial charge is 0.491 e. The van der Waals surface area contributed by atoms with E-state index in [2.05, 4.69) is 4.90 Å². The molecule has 1 aliphatic heterocycles. The van der Waals surface area contributed by atoms with E-state index in [9.17, 15) is 4.79 Å². The van der Waals surface area contributed by atoms with Gasteiger partial charge in [0.2, 0.25) is 0 Å². The fraction of sp³-hybridized carbons (Fsp3) is 0.500. The average Bonchev–Trinajstić information content (AvgIpc) is 2.40. The molecule has 98 valence electrons. The maximum Gasteiger partial charge on any atom is 0.256 e. The van der Waals surface area contributed by atoms with E-state index in [4.69, 9.17) is 16.3 Å². The number of rotatable bonds is 5. The molecule has 0 radical (unpaired) electrons. The Labute approximate surface area is 113 Å². The predicted octanol–water partition coefficient (Wildman–Crippen LogP) is 2.93. The molecule has 18 heavy (non-hydrogen) atoms. The van der Waals surface area contributed by atoms with Crippen LogP contribution in [0.1, 0.15) is 29.6 Å². The van der Waals surface area contributed by atoms with Crippen LogP contribution in [0, 0.1) is 0 Å². The van der Waals surface area contributed by atoms with Crippen LogP contribution in [0.3, 0.4) is 0 Å². The van der Waals surface area contributed by atoms with Gasteiger partial charge in [-0.1, -0.05) is 18.6 Å². The predicted molar refractivity (Wildman–Crippen MR) is 72.4 cm³/mol. The number of benzene rings is 1. The number of piperidine rings is 1. The SMILES string of the molecule is O=C(Cl)c1ccccc1OCCN1CCCCC1. The molecule has 1 aromatic rings. The summed E-state index contributed by atoms with van der Waals surface area (Å²) in [6, 6.07) is 7.10. The Morgan fingerprint density at radius 2 is 1.94 bits per heavy atom. The van der Waals surface area contributed by atoms with Crippen molar-refractivity contribution in [1.29, 1.82) is 0 Å². The summed E-state index contributed by atoms with van der Waals surface area (Å²) in [5.41, 5.74) is 0.442. The van der Waals surface area contributed by atoms with Crippen LogP contribution in [0.25, 0.3) is 0 Å². The molecule has 3 nitrogen and oxygen atoms in total. The molecule has 0 amide bonds. The van der Waals surface area contributed by atoms with E-state index >= 15 is 0 Å². The van der Waals surface area contributed by atoms with Crippen molar-refractivity contribution in [2.75, 3.05) is 26.2 Å². The van der Waals surface area contributed by atoms with Crippen molar-refractivity contribution in [2.24, 2.45) is 0 Å². The lowest BCUT2D eigenvalue weighted by Gasteiger charge is -2.26. The summed E-state index contributed by atoms with van der Waals surface area (Å²) in [5.74, 6) is 0.578. The van der Waals surface area contributed by atoms with Gasteiger partial charge in [-0.05, 0) is 49.7 Å². The van der Waals surface area contributed by atoms with Crippen molar-refractivity contribution in [3.05, 3.63) is 29.8 Å². The maximum absolute atomic E-state index is 11.2. The number of carbonyl (C=O) groups is 1. The van der Waals surface area contributed by atoms with Gasteiger partial charge in [0, 0.05) is 6.54 Å². The van der Waals surface area contributed by atoms with Crippen LogP contribution in [0.5, 0.6) is 5.75 Å². The normalized spacial score (nSPS) is 16.5. The van der Waals surface area contributed by atoms with Gasteiger partial charge in [-0.15, -0.1) is 0 Å². The van der Waals surface area contributed by atoms with Crippen LogP contribution >= 0.6 is 11.6 Å². The van der Waals surface area contributed by atoms with Crippen molar-refractivity contribution >= 4 is 16.8 Å². The number of nitrogens with zero attached hydrogens (tertiary/aromatic N) is 1. The van der Waals surface area contributed by atoms with Gasteiger partial charge < -0.3 is 4.74 Å². The van der Waals surface area contributed by atoms with Gasteiger partial charge in [0.25, 0.3) is 5.24 Å². The van der Waals surface area contributed by atoms with Crippen molar-refractivity contribution in [2.45, 2.75) is 19.3 Å². The minimum absolute atomic E-state index is 0.442. The molecule has 0 bridgehead atoms. The van der Waals surface area contributed by atoms with E-state index < -0.39 is 5.24 Å². The fourth-order valence-electron chi connectivity index (χ4n) is 2.22. The second-order valence-corrected chi connectivity index (χ2v) is 4.86. The van der Waals surface area contributed by atoms with Crippen molar-refractivity contribution in [3.8, 4) is 5.75 Å². The summed E-state index contributed by atoms with van der Waals surface area (Å²) < 4.78 is 5.65. The van der Waals surface area contributed by atoms with Crippen molar-refractivity contribution in [1.82, 2.24) is 4.90 Å². The fourth-order valence-corrected chi connectivity index (χ4v) is 2.38. The third-order valence-electron chi connectivity index (χ3n) is 3.21. The van der Waals surface area contributed by atoms with Gasteiger partial charge in [0.1, 0.15) is 12.4 Å². The third-order valence-corrected chi connectivity index (χ3v) is 3.42. The Hall–Kier alpha value is -1.06. The Morgan fingerprint density at radius 3 is 2.67 bits per heavy atom. The summed E-state index contributed by atoms with van der Waals surface area (Å²) >= 11 is 5.51. The van der Waals surface area contributed by atoms with Crippen LogP contribution in [0.4, 0.5) is 0 Å². The molecule has 1 fully saturated rings. The van der Waals surface area contributed by atoms with Crippen LogP contribution in [0.15, 0.2) is 24.3 Å². The number of hydrogen-bond donors (Lipinski definition) is 0. The summed E-state index contributed by atoms with van der Waals surface area (Å²) in [7, 11) is 0. The van der Waals surface area contributed by atoms with E-state index in [0.29, 0.717) is 17.9 Å². The van der Waals surface area contributed by atoms with E-state index in [1.165, 1.54) is 19.3 Å². The number of halogens is 1. The molecule has 0 aliphatic carbocycles. The van der Waals surface area contributed by atoms with Crippen molar-refractivity contribution in [3.63, 3.8) is 0 Å². The average molecular weight is 268 g/mol. The van der Waals surface area contributed by atoms with E-state index in [-0.39, 0.29) is 0 Å². The van der Waals surface area contributed by atoms with Gasteiger partial charge in [0.05, 0.1) is 5.56 Å². The quantitative estimate of drug-likeness (QED) is 0.769. The molecule has 0 atom stereocenters. The Bertz CT molecular complexity index is 403. The Morgan fingerprint density at radius 1 is 1.22 bits per heavy atom. The lowest BCUT2D eigenvalue weighted by molar-refractivity contribution is 0.107. The first-order valence-electron chi connectivity index (χ1n) is 6.41. The summed E-state index contributed by atoms with van der Waals surface area (Å²) in [6.45, 7) is 3.81. The first kappa shape index (κ1) is 13.4. The van der Waals surface area contributed by atoms with Crippen LogP contribution < -0.4 is 4.74 Å². The minimum Gasteiger partial charge on any atom is -0.491 e. The highest BCUT2D eigenvalue weighted by Crippen LogP contribution is 2.19. The van der Waals surface area contributed by atoms with E-state index in [0.717, 1.165) is 19.6 Å². The molecule has 0 spiro atoms. The molecule has 4 heteroatoms. The molecule has 1 heterocycles. The molecule has 1 saturated heterocycles. The summed E-state index contributed by atoms with van der Waals surface area (Å²) in [6.07, 6.45) is 3.88. The molecule has 0 N–H and O–H groups in total. The second-order valence-electron chi connectivity index (χ2n) is 4.52. The monoisotopic (exact) mass is 267 g/mol. The zero-order valence-corrected chi connectivity index (χ0v) is 11.2. The molecular weight excluding hydrogens is 250 g/mol. The Kier molecular flexibility index (Phi) is 5.02. The summed E-state index contributed by atoms with van der Waals surface area (Å²) in [5, 5.41) is -0.469. The van der Waals surface area contributed by atoms with Gasteiger partial charge >= 0.3 is 0 Å².